The van der Waals surface area contributed by atoms with E-state index in [1.54, 1.807) is 42.8 Å². The van der Waals surface area contributed by atoms with Gasteiger partial charge in [0.15, 0.2) is 9.84 Å². The highest BCUT2D eigenvalue weighted by Crippen LogP contribution is 2.30. The topological polar surface area (TPSA) is 76.1 Å². The second-order valence-corrected chi connectivity index (χ2v) is 7.71. The van der Waals surface area contributed by atoms with Gasteiger partial charge in [-0.2, -0.15) is 0 Å². The molecule has 1 amide bonds. The maximum absolute atomic E-state index is 12.7. The lowest BCUT2D eigenvalue weighted by atomic mass is 10.2. The van der Waals surface area contributed by atoms with Gasteiger partial charge in [0.05, 0.1) is 0 Å². The van der Waals surface area contributed by atoms with Crippen molar-refractivity contribution in [3.63, 3.8) is 0 Å². The Bertz CT molecular complexity index is 682. The molecule has 7 heteroatoms. The average Bonchev–Trinajstić information content (AvgIpc) is 3.03. The van der Waals surface area contributed by atoms with E-state index in [-0.39, 0.29) is 12.5 Å². The van der Waals surface area contributed by atoms with Crippen LogP contribution in [0.4, 0.5) is 0 Å². The predicted octanol–water partition coefficient (Wildman–Crippen LogP) is 2.18. The van der Waals surface area contributed by atoms with Crippen molar-refractivity contribution in [2.45, 2.75) is 22.8 Å². The standard InChI is InChI=1S/C14H16N2O3S2/c1-2-13(17)16-10-12(11-5-3-7-15-9-11)21(18,19)14-6-4-8-20-14/h3-9,12H,2,10H2,1H3,(H,16,17). The van der Waals surface area contributed by atoms with E-state index in [4.69, 9.17) is 0 Å². The Morgan fingerprint density at radius 1 is 1.38 bits per heavy atom. The van der Waals surface area contributed by atoms with Crippen LogP contribution < -0.4 is 5.32 Å². The Balaban J connectivity index is 2.34. The zero-order valence-corrected chi connectivity index (χ0v) is 13.2. The quantitative estimate of drug-likeness (QED) is 0.883. The summed E-state index contributed by atoms with van der Waals surface area (Å²) in [6, 6.07) is 6.67. The van der Waals surface area contributed by atoms with E-state index in [1.165, 1.54) is 17.5 Å². The molecule has 21 heavy (non-hydrogen) atoms. The van der Waals surface area contributed by atoms with Gasteiger partial charge < -0.3 is 5.32 Å². The van der Waals surface area contributed by atoms with Crippen molar-refractivity contribution in [3.8, 4) is 0 Å². The maximum Gasteiger partial charge on any atom is 0.219 e. The molecule has 1 atom stereocenters. The first-order chi connectivity index (χ1) is 10.1. The summed E-state index contributed by atoms with van der Waals surface area (Å²) >= 11 is 1.17. The lowest BCUT2D eigenvalue weighted by molar-refractivity contribution is -0.120. The van der Waals surface area contributed by atoms with Crippen molar-refractivity contribution in [1.82, 2.24) is 10.3 Å². The molecule has 0 aliphatic carbocycles. The Kier molecular flexibility index (Phi) is 5.08. The van der Waals surface area contributed by atoms with Crippen LogP contribution in [0.3, 0.4) is 0 Å². The van der Waals surface area contributed by atoms with E-state index in [2.05, 4.69) is 10.3 Å². The molecule has 2 heterocycles. The summed E-state index contributed by atoms with van der Waals surface area (Å²) in [5, 5.41) is 3.54. The number of amides is 1. The molecule has 5 nitrogen and oxygen atoms in total. The molecule has 0 radical (unpaired) electrons. The number of thiophene rings is 1. The maximum atomic E-state index is 12.7. The summed E-state index contributed by atoms with van der Waals surface area (Å²) in [4.78, 5) is 15.4. The summed E-state index contributed by atoms with van der Waals surface area (Å²) in [7, 11) is -3.55. The monoisotopic (exact) mass is 324 g/mol. The highest BCUT2D eigenvalue weighted by Gasteiger charge is 2.30. The minimum Gasteiger partial charge on any atom is -0.354 e. The molecule has 0 saturated carbocycles. The van der Waals surface area contributed by atoms with Crippen LogP contribution in [0.15, 0.2) is 46.2 Å². The summed E-state index contributed by atoms with van der Waals surface area (Å²) in [6.07, 6.45) is 3.43. The minimum atomic E-state index is -3.55. The van der Waals surface area contributed by atoms with E-state index in [0.717, 1.165) is 0 Å². The van der Waals surface area contributed by atoms with Gasteiger partial charge in [0, 0.05) is 25.4 Å². The van der Waals surface area contributed by atoms with Gasteiger partial charge in [-0.15, -0.1) is 11.3 Å². The van der Waals surface area contributed by atoms with Gasteiger partial charge in [0.25, 0.3) is 0 Å². The SMILES string of the molecule is CCC(=O)NCC(c1cccnc1)S(=O)(=O)c1cccs1. The summed E-state index contributed by atoms with van der Waals surface area (Å²) < 4.78 is 25.7. The second-order valence-electron chi connectivity index (χ2n) is 4.41. The van der Waals surface area contributed by atoms with Gasteiger partial charge in [-0.25, -0.2) is 8.42 Å². The molecule has 1 N–H and O–H groups in total. The van der Waals surface area contributed by atoms with Crippen LogP contribution in [0, 0.1) is 0 Å². The molecule has 0 aromatic carbocycles. The highest BCUT2D eigenvalue weighted by atomic mass is 32.2. The van der Waals surface area contributed by atoms with E-state index in [1.807, 2.05) is 0 Å². The number of hydrogen-bond donors (Lipinski definition) is 1. The number of pyridine rings is 1. The Hall–Kier alpha value is -1.73. The molecule has 1 unspecified atom stereocenters. The van der Waals surface area contributed by atoms with Gasteiger partial charge in [-0.1, -0.05) is 19.1 Å². The highest BCUT2D eigenvalue weighted by molar-refractivity contribution is 7.93. The zero-order valence-electron chi connectivity index (χ0n) is 11.5. The average molecular weight is 324 g/mol. The Labute approximate surface area is 128 Å². The van der Waals surface area contributed by atoms with Gasteiger partial charge in [0.2, 0.25) is 5.91 Å². The van der Waals surface area contributed by atoms with Crippen LogP contribution in [0.5, 0.6) is 0 Å². The molecule has 112 valence electrons. The fraction of sp³-hybridized carbons (Fsp3) is 0.286. The fourth-order valence-corrected chi connectivity index (χ4v) is 4.72. The third-order valence-corrected chi connectivity index (χ3v) is 6.54. The largest absolute Gasteiger partial charge is 0.354 e. The van der Waals surface area contributed by atoms with Crippen LogP contribution in [0.25, 0.3) is 0 Å². The predicted molar refractivity (Wildman–Crippen MR) is 81.8 cm³/mol. The van der Waals surface area contributed by atoms with E-state index in [0.29, 0.717) is 16.2 Å². The number of hydrogen-bond acceptors (Lipinski definition) is 5. The first kappa shape index (κ1) is 15.7. The van der Waals surface area contributed by atoms with E-state index in [9.17, 15) is 13.2 Å². The molecule has 0 fully saturated rings. The molecular weight excluding hydrogens is 308 g/mol. The van der Waals surface area contributed by atoms with Crippen LogP contribution in [-0.2, 0) is 14.6 Å². The normalized spacial score (nSPS) is 12.8. The third-order valence-electron chi connectivity index (χ3n) is 3.01. The molecule has 0 aliphatic rings. The summed E-state index contributed by atoms with van der Waals surface area (Å²) in [5.74, 6) is -0.176. The van der Waals surface area contributed by atoms with Crippen LogP contribution in [-0.4, -0.2) is 25.9 Å². The van der Waals surface area contributed by atoms with Crippen LogP contribution in [0.2, 0.25) is 0 Å². The van der Waals surface area contributed by atoms with E-state index < -0.39 is 15.1 Å². The minimum absolute atomic E-state index is 0.0403. The molecule has 0 bridgehead atoms. The van der Waals surface area contributed by atoms with Crippen molar-refractivity contribution in [2.75, 3.05) is 6.54 Å². The van der Waals surface area contributed by atoms with E-state index >= 15 is 0 Å². The first-order valence-corrected chi connectivity index (χ1v) is 8.92. The number of nitrogens with one attached hydrogen (secondary N) is 1. The van der Waals surface area contributed by atoms with Gasteiger partial charge in [-0.05, 0) is 23.1 Å². The molecule has 0 aliphatic heterocycles. The molecular formula is C14H16N2O3S2. The third kappa shape index (κ3) is 3.68. The second kappa shape index (κ2) is 6.82. The molecule has 2 aromatic heterocycles. The van der Waals surface area contributed by atoms with Crippen molar-refractivity contribution in [3.05, 3.63) is 47.6 Å². The molecule has 2 rings (SSSR count). The zero-order chi connectivity index (χ0) is 15.3. The number of nitrogens with zero attached hydrogens (tertiary/aromatic N) is 1. The smallest absolute Gasteiger partial charge is 0.219 e. The number of carbonyl (C=O) groups is 1. The lowest BCUT2D eigenvalue weighted by Crippen LogP contribution is -2.31. The first-order valence-electron chi connectivity index (χ1n) is 6.49. The van der Waals surface area contributed by atoms with Crippen molar-refractivity contribution >= 4 is 27.1 Å². The van der Waals surface area contributed by atoms with Crippen molar-refractivity contribution in [2.24, 2.45) is 0 Å². The Morgan fingerprint density at radius 2 is 2.19 bits per heavy atom. The number of carbonyl (C=O) groups excluding carboxylic acids is 1. The van der Waals surface area contributed by atoms with Gasteiger partial charge in [-0.3, -0.25) is 9.78 Å². The van der Waals surface area contributed by atoms with Gasteiger partial charge in [0.1, 0.15) is 9.46 Å². The molecule has 0 saturated heterocycles. The number of aromatic nitrogens is 1. The lowest BCUT2D eigenvalue weighted by Gasteiger charge is -2.17. The summed E-state index contributed by atoms with van der Waals surface area (Å²) in [6.45, 7) is 1.76. The molecule has 0 spiro atoms. The van der Waals surface area contributed by atoms with Crippen LogP contribution in [0.1, 0.15) is 24.2 Å². The van der Waals surface area contributed by atoms with Crippen molar-refractivity contribution < 1.29 is 13.2 Å². The Morgan fingerprint density at radius 3 is 2.76 bits per heavy atom. The molecule has 2 aromatic rings. The summed E-state index contributed by atoms with van der Waals surface area (Å²) in [5.41, 5.74) is 0.572. The van der Waals surface area contributed by atoms with Crippen molar-refractivity contribution in [1.29, 1.82) is 0 Å². The fourth-order valence-electron chi connectivity index (χ4n) is 1.87. The number of sulfone groups is 1. The number of rotatable bonds is 6. The van der Waals surface area contributed by atoms with Gasteiger partial charge >= 0.3 is 0 Å². The van der Waals surface area contributed by atoms with Crippen LogP contribution >= 0.6 is 11.3 Å².